The van der Waals surface area contributed by atoms with Gasteiger partial charge in [0, 0.05) is 23.2 Å². The number of sulfone groups is 1. The fraction of sp³-hybridized carbons (Fsp3) is 0.174. The summed E-state index contributed by atoms with van der Waals surface area (Å²) in [6.45, 7) is -0.331. The van der Waals surface area contributed by atoms with Gasteiger partial charge in [-0.3, -0.25) is 4.18 Å². The van der Waals surface area contributed by atoms with Crippen LogP contribution >= 0.6 is 47.6 Å². The molecule has 4 rings (SSSR count). The van der Waals surface area contributed by atoms with Gasteiger partial charge in [0.05, 0.1) is 43.5 Å². The predicted molar refractivity (Wildman–Crippen MR) is 164 cm³/mol. The lowest BCUT2D eigenvalue weighted by molar-refractivity contribution is -0.434. The number of anilines is 2. The molecule has 3 aromatic carbocycles. The van der Waals surface area contributed by atoms with Crippen LogP contribution in [0.4, 0.5) is 23.0 Å². The number of aromatic nitrogens is 3. The van der Waals surface area contributed by atoms with Gasteiger partial charge in [-0.1, -0.05) is 10.1 Å². The van der Waals surface area contributed by atoms with Gasteiger partial charge in [0.1, 0.15) is 27.8 Å². The first-order valence-electron chi connectivity index (χ1n) is 12.1. The third kappa shape index (κ3) is 8.93. The third-order valence-corrected chi connectivity index (χ3v) is 8.67. The number of halogens is 2. The molecule has 0 saturated carbocycles. The molecule has 0 saturated heterocycles. The summed E-state index contributed by atoms with van der Waals surface area (Å²) in [6, 6.07) is 8.82. The van der Waals surface area contributed by atoms with Gasteiger partial charge < -0.3 is 19.9 Å². The van der Waals surface area contributed by atoms with Crippen molar-refractivity contribution in [2.75, 3.05) is 31.9 Å². The Morgan fingerprint density at radius 2 is 1.65 bits per heavy atom. The summed E-state index contributed by atoms with van der Waals surface area (Å²) in [5.74, 6) is -0.853. The number of methoxy groups -OCH3 is 2. The molecule has 246 valence electrons. The average Bonchev–Trinajstić information content (AvgIpc) is 3.02. The Balaban J connectivity index is 1.69. The maximum atomic E-state index is 13.0. The van der Waals surface area contributed by atoms with E-state index in [4.69, 9.17) is 47.4 Å². The zero-order valence-corrected chi connectivity index (χ0v) is 27.1. The summed E-state index contributed by atoms with van der Waals surface area (Å²) in [7, 11) is -1.44. The minimum Gasteiger partial charge on any atom is -0.505 e. The molecule has 0 radical (unpaired) electrons. The second kappa shape index (κ2) is 16.5. The van der Waals surface area contributed by atoms with E-state index in [0.29, 0.717) is 28.5 Å². The van der Waals surface area contributed by atoms with Crippen molar-refractivity contribution in [2.45, 2.75) is 9.79 Å². The minimum atomic E-state index is -3.98. The van der Waals surface area contributed by atoms with Crippen molar-refractivity contribution in [3.63, 3.8) is 0 Å². The maximum Gasteiger partial charge on any atom is 0.232 e. The molecule has 0 fully saturated rings. The van der Waals surface area contributed by atoms with E-state index in [1.54, 1.807) is 24.3 Å². The maximum absolute atomic E-state index is 13.0. The van der Waals surface area contributed by atoms with Crippen LogP contribution in [0.2, 0.25) is 10.6 Å². The SMILES string of the molecule is COc1cc(S(=O)(=O)CCOSOOO)c(OC)cc1/N=N/c1c(SOOO)cc2cc(Nc3nc(Cl)nc(Cl)n3)ccc2c1O. The van der Waals surface area contributed by atoms with Crippen molar-refractivity contribution < 1.29 is 56.4 Å². The van der Waals surface area contributed by atoms with Gasteiger partial charge in [0.2, 0.25) is 16.5 Å². The van der Waals surface area contributed by atoms with Crippen LogP contribution in [0, 0.1) is 0 Å². The molecule has 0 spiro atoms. The van der Waals surface area contributed by atoms with Gasteiger partial charge >= 0.3 is 0 Å². The highest BCUT2D eigenvalue weighted by Crippen LogP contribution is 2.46. The van der Waals surface area contributed by atoms with Gasteiger partial charge in [-0.15, -0.1) is 18.9 Å². The lowest BCUT2D eigenvalue weighted by atomic mass is 10.1. The lowest BCUT2D eigenvalue weighted by Crippen LogP contribution is -2.12. The van der Waals surface area contributed by atoms with E-state index in [-0.39, 0.29) is 73.9 Å². The molecule has 0 bridgehead atoms. The highest BCUT2D eigenvalue weighted by molar-refractivity contribution is 7.94. The van der Waals surface area contributed by atoms with Gasteiger partial charge in [-0.2, -0.15) is 15.0 Å². The Kier molecular flexibility index (Phi) is 12.7. The minimum absolute atomic E-state index is 0.00545. The van der Waals surface area contributed by atoms with Gasteiger partial charge in [0.15, 0.2) is 27.9 Å². The van der Waals surface area contributed by atoms with E-state index in [1.165, 1.54) is 26.4 Å². The molecule has 0 aliphatic rings. The number of aromatic hydroxyl groups is 1. The number of nitrogens with zero attached hydrogens (tertiary/aromatic N) is 5. The molecule has 0 aliphatic carbocycles. The summed E-state index contributed by atoms with van der Waals surface area (Å²) >= 11 is 12.4. The number of phenolic OH excluding ortho intramolecular Hbond substituents is 1. The van der Waals surface area contributed by atoms with Crippen LogP contribution in [0.5, 0.6) is 17.2 Å². The molecule has 18 nitrogen and oxygen atoms in total. The van der Waals surface area contributed by atoms with Crippen molar-refractivity contribution in [3.8, 4) is 17.2 Å². The highest BCUT2D eigenvalue weighted by atomic mass is 35.5. The average molecular weight is 740 g/mol. The Morgan fingerprint density at radius 1 is 0.935 bits per heavy atom. The second-order valence-corrected chi connectivity index (χ2v) is 12.3. The molecule has 0 unspecified atom stereocenters. The van der Waals surface area contributed by atoms with Crippen LogP contribution in [0.25, 0.3) is 10.8 Å². The van der Waals surface area contributed by atoms with Gasteiger partial charge in [0.25, 0.3) is 0 Å². The van der Waals surface area contributed by atoms with Crippen LogP contribution in [-0.2, 0) is 32.8 Å². The van der Waals surface area contributed by atoms with Crippen molar-refractivity contribution in [3.05, 3.63) is 47.0 Å². The number of fused-ring (bicyclic) bond motifs is 1. The van der Waals surface area contributed by atoms with Crippen LogP contribution in [0.1, 0.15) is 0 Å². The Hall–Kier alpha value is -3.32. The summed E-state index contributed by atoms with van der Waals surface area (Å²) in [4.78, 5) is 11.5. The molecule has 1 heterocycles. The van der Waals surface area contributed by atoms with Crippen molar-refractivity contribution in [1.82, 2.24) is 15.0 Å². The number of hydrogen-bond acceptors (Lipinski definition) is 20. The molecule has 0 amide bonds. The van der Waals surface area contributed by atoms with Crippen molar-refractivity contribution in [1.29, 1.82) is 0 Å². The zero-order chi connectivity index (χ0) is 33.3. The first-order valence-corrected chi connectivity index (χ1v) is 15.9. The number of ether oxygens (including phenoxy) is 2. The third-order valence-electron chi connectivity index (χ3n) is 5.64. The highest BCUT2D eigenvalue weighted by Gasteiger charge is 2.24. The fourth-order valence-electron chi connectivity index (χ4n) is 3.75. The van der Waals surface area contributed by atoms with Crippen LogP contribution in [0.15, 0.2) is 56.4 Å². The number of rotatable bonds is 16. The van der Waals surface area contributed by atoms with Gasteiger partial charge in [-0.05, 0) is 52.9 Å². The normalized spacial score (nSPS) is 11.8. The van der Waals surface area contributed by atoms with E-state index in [9.17, 15) is 13.5 Å². The van der Waals surface area contributed by atoms with E-state index < -0.39 is 15.6 Å². The predicted octanol–water partition coefficient (Wildman–Crippen LogP) is 6.42. The summed E-state index contributed by atoms with van der Waals surface area (Å²) in [5, 5.41) is 46.9. The molecule has 23 heteroatoms. The van der Waals surface area contributed by atoms with Crippen molar-refractivity contribution in [2.24, 2.45) is 10.2 Å². The van der Waals surface area contributed by atoms with Crippen molar-refractivity contribution >= 4 is 91.2 Å². The number of azo groups is 1. The van der Waals surface area contributed by atoms with E-state index in [0.717, 1.165) is 0 Å². The first-order chi connectivity index (χ1) is 22.1. The Morgan fingerprint density at radius 3 is 2.33 bits per heavy atom. The van der Waals surface area contributed by atoms with Gasteiger partial charge in [-0.25, -0.2) is 18.9 Å². The fourth-order valence-corrected chi connectivity index (χ4v) is 6.19. The summed E-state index contributed by atoms with van der Waals surface area (Å²) in [5.41, 5.74) is 0.412. The van der Waals surface area contributed by atoms with E-state index in [1.807, 2.05) is 0 Å². The standard InChI is InChI=1S/C23H20Cl2N6O12S3/c1-37-15-10-18(46(35,36)6-5-39-45-43-41-34)16(38-2)9-14(15)30-31-19-17(44-42-40-33)8-11-7-12(3-4-13(11)20(19)32)26-23-28-21(24)27-22(25)29-23/h3-4,7-10,32-34H,5-6H2,1-2H3,(H,26,27,28,29)/b31-30+. The topological polar surface area (TPSA) is 235 Å². The molecule has 0 aliphatic heterocycles. The second-order valence-electron chi connectivity index (χ2n) is 8.28. The largest absolute Gasteiger partial charge is 0.505 e. The molecule has 4 aromatic rings. The summed E-state index contributed by atoms with van der Waals surface area (Å²) < 4.78 is 50.0. The molecule has 0 atom stereocenters. The molecule has 1 aromatic heterocycles. The zero-order valence-electron chi connectivity index (χ0n) is 23.1. The molecular weight excluding hydrogens is 719 g/mol. The number of phenols is 1. The molecule has 4 N–H and O–H groups in total. The Labute approximate surface area is 277 Å². The quantitative estimate of drug-likeness (QED) is 0.0319. The van der Waals surface area contributed by atoms with Crippen LogP contribution in [0.3, 0.4) is 0 Å². The van der Waals surface area contributed by atoms with E-state index in [2.05, 4.69) is 49.2 Å². The van der Waals surface area contributed by atoms with Crippen LogP contribution < -0.4 is 14.8 Å². The number of hydrogen-bond donors (Lipinski definition) is 4. The first kappa shape index (κ1) is 35.5. The monoisotopic (exact) mass is 738 g/mol. The van der Waals surface area contributed by atoms with Crippen LogP contribution in [-0.4, -0.2) is 65.6 Å². The smallest absolute Gasteiger partial charge is 0.232 e. The number of benzene rings is 3. The Bertz CT molecular complexity index is 1820. The summed E-state index contributed by atoms with van der Waals surface area (Å²) in [6.07, 6.45) is 0. The molecule has 46 heavy (non-hydrogen) atoms. The lowest BCUT2D eigenvalue weighted by Gasteiger charge is -2.13. The number of nitrogens with one attached hydrogen (secondary N) is 1. The van der Waals surface area contributed by atoms with E-state index >= 15 is 0 Å². The molecular formula is C23H20Cl2N6O12S3.